The summed E-state index contributed by atoms with van der Waals surface area (Å²) in [6.07, 6.45) is 2.34. The topological polar surface area (TPSA) is 81.5 Å². The maximum Gasteiger partial charge on any atom is 0.156 e. The van der Waals surface area contributed by atoms with Crippen molar-refractivity contribution in [3.8, 4) is 22.5 Å². The highest BCUT2D eigenvalue weighted by atomic mass is 19.1. The predicted molar refractivity (Wildman–Crippen MR) is 102 cm³/mol. The summed E-state index contributed by atoms with van der Waals surface area (Å²) in [5.41, 5.74) is -1.42. The lowest BCUT2D eigenvalue weighted by atomic mass is 9.97. The Kier molecular flexibility index (Phi) is 2.62. The van der Waals surface area contributed by atoms with Gasteiger partial charge in [0.2, 0.25) is 0 Å². The predicted octanol–water partition coefficient (Wildman–Crippen LogP) is 3.78. The Morgan fingerprint density at radius 1 is 1.24 bits per heavy atom. The van der Waals surface area contributed by atoms with Gasteiger partial charge in [-0.15, -0.1) is 0 Å². The number of nitrogens with zero attached hydrogens (tertiary/aromatic N) is 5. The van der Waals surface area contributed by atoms with Gasteiger partial charge in [-0.1, -0.05) is 0 Å². The molecule has 0 atom stereocenters. The molecule has 0 fully saturated rings. The van der Waals surface area contributed by atoms with E-state index in [0.717, 1.165) is 12.3 Å². The maximum absolute atomic E-state index is 15.6. The zero-order chi connectivity index (χ0) is 25.3. The fourth-order valence-electron chi connectivity index (χ4n) is 3.49. The van der Waals surface area contributed by atoms with Crippen LogP contribution in [0, 0.1) is 18.6 Å². The number of aromatic nitrogens is 6. The van der Waals surface area contributed by atoms with Gasteiger partial charge in [-0.25, -0.2) is 13.8 Å². The van der Waals surface area contributed by atoms with Gasteiger partial charge in [0, 0.05) is 24.7 Å². The summed E-state index contributed by atoms with van der Waals surface area (Å²) in [4.78, 5) is 8.21. The van der Waals surface area contributed by atoms with Crippen molar-refractivity contribution in [2.75, 3.05) is 0 Å². The molecule has 0 aliphatic carbocycles. The lowest BCUT2D eigenvalue weighted by molar-refractivity contribution is -0.0657. The number of hydrogen-bond acceptors (Lipinski definition) is 5. The number of rotatable bonds is 2. The minimum atomic E-state index is -3.02. The molecule has 0 amide bonds. The summed E-state index contributed by atoms with van der Waals surface area (Å²) >= 11 is 0. The maximum atomic E-state index is 15.6. The molecule has 0 unspecified atom stereocenters. The van der Waals surface area contributed by atoms with Gasteiger partial charge in [-0.3, -0.25) is 14.8 Å². The lowest BCUT2D eigenvalue weighted by Gasteiger charge is -2.31. The van der Waals surface area contributed by atoms with Crippen LogP contribution in [0.3, 0.4) is 0 Å². The number of hydrogen-bond donors (Lipinski definition) is 1. The first-order valence-corrected chi connectivity index (χ1v) is 8.69. The molecule has 29 heavy (non-hydrogen) atoms. The van der Waals surface area contributed by atoms with Gasteiger partial charge in [0.25, 0.3) is 0 Å². The molecule has 5 rings (SSSR count). The summed E-state index contributed by atoms with van der Waals surface area (Å²) in [6, 6.07) is 2.49. The number of nitrogens with one attached hydrogen (secondary N) is 1. The number of aromatic amines is 1. The molecule has 0 saturated carbocycles. The number of pyridine rings is 2. The fourth-order valence-corrected chi connectivity index (χ4v) is 3.49. The molecule has 0 radical (unpaired) electrons. The molecule has 4 aromatic rings. The van der Waals surface area contributed by atoms with Crippen molar-refractivity contribution in [1.82, 2.24) is 29.9 Å². The zero-order valence-electron chi connectivity index (χ0n) is 21.1. The van der Waals surface area contributed by atoms with Crippen LogP contribution in [0.1, 0.15) is 33.3 Å². The molecule has 0 spiro atoms. The molecule has 0 aromatic carbocycles. The highest BCUT2D eigenvalue weighted by Crippen LogP contribution is 2.41. The molecule has 4 aromatic heterocycles. The van der Waals surface area contributed by atoms with Crippen LogP contribution in [0.2, 0.25) is 0 Å². The summed E-state index contributed by atoms with van der Waals surface area (Å²) in [5, 5.41) is 11.4. The second-order valence-electron chi connectivity index (χ2n) is 6.82. The van der Waals surface area contributed by atoms with Crippen LogP contribution in [0.25, 0.3) is 33.5 Å². The molecule has 7 nitrogen and oxygen atoms in total. The van der Waals surface area contributed by atoms with Gasteiger partial charge in [-0.05, 0) is 32.8 Å². The van der Waals surface area contributed by atoms with E-state index >= 15 is 4.39 Å². The van der Waals surface area contributed by atoms with Crippen LogP contribution in [-0.4, -0.2) is 35.5 Å². The van der Waals surface area contributed by atoms with E-state index in [-0.39, 0.29) is 33.9 Å². The van der Waals surface area contributed by atoms with Crippen LogP contribution in [0.15, 0.2) is 24.5 Å². The first kappa shape index (κ1) is 12.4. The highest BCUT2D eigenvalue weighted by Gasteiger charge is 2.33. The minimum absolute atomic E-state index is 0.0579. The van der Waals surface area contributed by atoms with E-state index in [4.69, 9.17) is 13.0 Å². The van der Waals surface area contributed by atoms with E-state index in [9.17, 15) is 4.39 Å². The van der Waals surface area contributed by atoms with Crippen LogP contribution < -0.4 is 0 Å². The van der Waals surface area contributed by atoms with Crippen molar-refractivity contribution in [3.05, 3.63) is 47.5 Å². The number of H-pyrrole nitrogens is 1. The van der Waals surface area contributed by atoms with Crippen molar-refractivity contribution in [2.24, 2.45) is 0 Å². The third kappa shape index (κ3) is 2.80. The Morgan fingerprint density at radius 3 is 2.86 bits per heavy atom. The Labute approximate surface area is 173 Å². The number of ether oxygens (including phenoxy) is 1. The van der Waals surface area contributed by atoms with Crippen LogP contribution in [0.5, 0.6) is 0 Å². The van der Waals surface area contributed by atoms with Crippen LogP contribution in [-0.2, 0) is 17.9 Å². The third-order valence-electron chi connectivity index (χ3n) is 4.81. The Bertz CT molecular complexity index is 1430. The molecule has 1 aliphatic heterocycles. The van der Waals surface area contributed by atoms with E-state index in [1.165, 1.54) is 23.9 Å². The molecule has 0 saturated heterocycles. The van der Waals surface area contributed by atoms with Crippen molar-refractivity contribution < 1.29 is 21.7 Å². The summed E-state index contributed by atoms with van der Waals surface area (Å²) < 4.78 is 83.4. The second-order valence-corrected chi connectivity index (χ2v) is 6.82. The zero-order valence-corrected chi connectivity index (χ0v) is 15.1. The highest BCUT2D eigenvalue weighted by molar-refractivity contribution is 5.97. The number of aryl methyl sites for hydroxylation is 1. The van der Waals surface area contributed by atoms with Crippen molar-refractivity contribution in [2.45, 2.75) is 39.4 Å². The molecular formula is C20H18F2N6O. The van der Waals surface area contributed by atoms with Crippen molar-refractivity contribution >= 4 is 11.0 Å². The summed E-state index contributed by atoms with van der Waals surface area (Å²) in [5.74, 6) is -1.28. The summed E-state index contributed by atoms with van der Waals surface area (Å²) in [7, 11) is 0. The van der Waals surface area contributed by atoms with E-state index in [0.29, 0.717) is 11.0 Å². The quantitative estimate of drug-likeness (QED) is 0.552. The molecule has 1 N–H and O–H groups in total. The largest absolute Gasteiger partial charge is 0.367 e. The van der Waals surface area contributed by atoms with Gasteiger partial charge >= 0.3 is 0 Å². The lowest BCUT2D eigenvalue weighted by Crippen LogP contribution is -2.36. The smallest absolute Gasteiger partial charge is 0.156 e. The molecule has 9 heteroatoms. The molecule has 148 valence electrons. The van der Waals surface area contributed by atoms with Gasteiger partial charge in [0.1, 0.15) is 11.5 Å². The van der Waals surface area contributed by atoms with Gasteiger partial charge in [-0.2, -0.15) is 10.2 Å². The Morgan fingerprint density at radius 2 is 2.10 bits per heavy atom. The van der Waals surface area contributed by atoms with E-state index in [1.807, 2.05) is 0 Å². The summed E-state index contributed by atoms with van der Waals surface area (Å²) in [6.45, 7) is -5.71. The SMILES string of the molecule is [2H]C([2H])([2H])C1(C([2H])([2H])[2H])Cn2nc(-c3ccc(F)cn3)c(-c3c(F)c(C)nc4[nH]ncc34)c2CO1. The van der Waals surface area contributed by atoms with Crippen LogP contribution in [0.4, 0.5) is 8.78 Å². The van der Waals surface area contributed by atoms with Gasteiger partial charge in [0.15, 0.2) is 11.5 Å². The van der Waals surface area contributed by atoms with E-state index in [1.54, 1.807) is 0 Å². The second kappa shape index (κ2) is 6.15. The van der Waals surface area contributed by atoms with Crippen LogP contribution >= 0.6 is 0 Å². The monoisotopic (exact) mass is 402 g/mol. The van der Waals surface area contributed by atoms with Gasteiger partial charge in [0.05, 0.1) is 48.2 Å². The molecular weight excluding hydrogens is 378 g/mol. The first-order valence-electron chi connectivity index (χ1n) is 11.7. The molecule has 0 bridgehead atoms. The molecule has 1 aliphatic rings. The van der Waals surface area contributed by atoms with Crippen molar-refractivity contribution in [3.63, 3.8) is 0 Å². The van der Waals surface area contributed by atoms with E-state index < -0.39 is 44.1 Å². The Hall–Kier alpha value is -3.20. The van der Waals surface area contributed by atoms with Gasteiger partial charge < -0.3 is 4.74 Å². The number of fused-ring (bicyclic) bond motifs is 2. The molecule has 5 heterocycles. The standard InChI is InChI=1S/C20H18F2N6O/c1-10-17(22)15(12-7-24-26-19(12)25-10)16-14-8-29-20(2,3)9-28(14)27-18(16)13-5-4-11(21)6-23-13/h4-7H,8-9H2,1-3H3,(H,24,25,26)/i2D3,3D3. The van der Waals surface area contributed by atoms with E-state index in [2.05, 4.69) is 25.3 Å². The Balaban J connectivity index is 1.82. The first-order chi connectivity index (χ1) is 16.3. The normalized spacial score (nSPS) is 19.6. The average molecular weight is 402 g/mol. The third-order valence-corrected chi connectivity index (χ3v) is 4.81. The minimum Gasteiger partial charge on any atom is -0.367 e. The average Bonchev–Trinajstić information content (AvgIpc) is 3.37. The van der Waals surface area contributed by atoms with Crippen molar-refractivity contribution in [1.29, 1.82) is 0 Å². The number of halogens is 2. The fraction of sp³-hybridized carbons (Fsp3) is 0.300.